The Morgan fingerprint density at radius 1 is 1.08 bits per heavy atom. The number of rotatable bonds is 8. The molecule has 0 bridgehead atoms. The molecule has 0 radical (unpaired) electrons. The lowest BCUT2D eigenvalue weighted by molar-refractivity contribution is -0.144. The second kappa shape index (κ2) is 11.2. The van der Waals surface area contributed by atoms with Crippen LogP contribution in [-0.2, 0) is 17.4 Å². The zero-order valence-electron chi connectivity index (χ0n) is 20.0. The first-order valence-electron chi connectivity index (χ1n) is 12.4. The minimum atomic E-state index is -4.70. The maximum atomic E-state index is 13.7. The molecule has 10 heteroatoms. The Hall–Kier alpha value is -3.19. The normalized spacial score (nSPS) is 18.9. The van der Waals surface area contributed by atoms with Gasteiger partial charge in [0, 0.05) is 38.7 Å². The third-order valence-electron chi connectivity index (χ3n) is 7.04. The monoisotopic (exact) mass is 501 g/mol. The van der Waals surface area contributed by atoms with Crippen molar-refractivity contribution in [2.45, 2.75) is 57.2 Å². The van der Waals surface area contributed by atoms with Crippen LogP contribution in [0.4, 0.5) is 24.8 Å². The fourth-order valence-corrected chi connectivity index (χ4v) is 4.96. The van der Waals surface area contributed by atoms with Gasteiger partial charge in [0.15, 0.2) is 5.78 Å². The van der Waals surface area contributed by atoms with E-state index in [-0.39, 0.29) is 29.9 Å². The van der Waals surface area contributed by atoms with Crippen molar-refractivity contribution in [2.24, 2.45) is 5.92 Å². The third kappa shape index (κ3) is 6.13. The number of anilines is 2. The summed E-state index contributed by atoms with van der Waals surface area (Å²) in [5, 5.41) is 18.3. The second-order valence-electron chi connectivity index (χ2n) is 9.50. The number of hydrogen-bond donors (Lipinski definition) is 1. The minimum Gasteiger partial charge on any atom is -0.396 e. The number of aliphatic hydroxyl groups excluding tert-OH is 1. The summed E-state index contributed by atoms with van der Waals surface area (Å²) in [6.07, 6.45) is -0.425. The molecule has 0 unspecified atom stereocenters. The van der Waals surface area contributed by atoms with E-state index in [1.165, 1.54) is 0 Å². The summed E-state index contributed by atoms with van der Waals surface area (Å²) >= 11 is 0. The van der Waals surface area contributed by atoms with Crippen LogP contribution in [0.1, 0.15) is 55.5 Å². The van der Waals surface area contributed by atoms with Crippen molar-refractivity contribution in [3.05, 3.63) is 47.3 Å². The van der Waals surface area contributed by atoms with Crippen LogP contribution in [0.15, 0.2) is 30.3 Å². The predicted octanol–water partition coefficient (Wildman–Crippen LogP) is 4.14. The summed E-state index contributed by atoms with van der Waals surface area (Å²) < 4.78 is 41.0. The quantitative estimate of drug-likeness (QED) is 0.581. The van der Waals surface area contributed by atoms with Gasteiger partial charge in [0.25, 0.3) is 0 Å². The number of Topliss-reactive ketones (excluding diaryl/α,β-unsaturated/α-hetero) is 1. The van der Waals surface area contributed by atoms with E-state index < -0.39 is 18.0 Å². The van der Waals surface area contributed by atoms with Gasteiger partial charge in [-0.3, -0.25) is 4.79 Å². The molecule has 3 heterocycles. The number of aryl methyl sites for hydroxylation is 1. The summed E-state index contributed by atoms with van der Waals surface area (Å²) in [5.74, 6) is -0.700. The topological polar surface area (TPSA) is 93.4 Å². The van der Waals surface area contributed by atoms with Gasteiger partial charge in [0.2, 0.25) is 5.82 Å². The molecule has 1 aromatic carbocycles. The lowest BCUT2D eigenvalue weighted by Crippen LogP contribution is -2.38. The number of hydrogen-bond acceptors (Lipinski definition) is 7. The van der Waals surface area contributed by atoms with E-state index in [1.54, 1.807) is 28.0 Å². The number of alkyl halides is 3. The van der Waals surface area contributed by atoms with Crippen LogP contribution in [0, 0.1) is 17.2 Å². The predicted molar refractivity (Wildman–Crippen MR) is 129 cm³/mol. The summed E-state index contributed by atoms with van der Waals surface area (Å²) in [6.45, 7) is 1.55. The maximum Gasteiger partial charge on any atom is 0.451 e. The Bertz CT molecular complexity index is 1090. The molecule has 0 amide bonds. The van der Waals surface area contributed by atoms with E-state index in [1.807, 2.05) is 12.1 Å². The van der Waals surface area contributed by atoms with Gasteiger partial charge < -0.3 is 14.9 Å². The van der Waals surface area contributed by atoms with Gasteiger partial charge in [-0.15, -0.1) is 0 Å². The van der Waals surface area contributed by atoms with Gasteiger partial charge in [-0.25, -0.2) is 9.97 Å². The number of carbonyl (C=O) groups excluding carboxylic acids is 1. The van der Waals surface area contributed by atoms with Gasteiger partial charge in [0.05, 0.1) is 17.7 Å². The van der Waals surface area contributed by atoms with Crippen molar-refractivity contribution in [3.63, 3.8) is 0 Å². The fraction of sp³-hybridized carbons (Fsp3) is 0.538. The number of nitrogens with zero attached hydrogens (tertiary/aromatic N) is 5. The summed E-state index contributed by atoms with van der Waals surface area (Å²) in [5.41, 5.74) is 1.61. The van der Waals surface area contributed by atoms with Crippen molar-refractivity contribution >= 4 is 17.4 Å². The average molecular weight is 502 g/mol. The van der Waals surface area contributed by atoms with Crippen LogP contribution >= 0.6 is 0 Å². The first kappa shape index (κ1) is 25.9. The number of benzene rings is 1. The molecule has 2 aliphatic heterocycles. The highest BCUT2D eigenvalue weighted by Crippen LogP contribution is 2.34. The Kier molecular flexibility index (Phi) is 8.09. The molecule has 1 atom stereocenters. The number of halogens is 3. The lowest BCUT2D eigenvalue weighted by atomic mass is 9.98. The molecule has 2 fully saturated rings. The highest BCUT2D eigenvalue weighted by molar-refractivity contribution is 5.87. The summed E-state index contributed by atoms with van der Waals surface area (Å²) in [7, 11) is 0. The lowest BCUT2D eigenvalue weighted by Gasteiger charge is -2.33. The number of carbonyl (C=O) groups is 1. The number of nitriles is 1. The van der Waals surface area contributed by atoms with E-state index in [2.05, 4.69) is 16.0 Å². The number of piperidine rings is 1. The summed E-state index contributed by atoms with van der Waals surface area (Å²) in [6, 6.07) is 10.4. The minimum absolute atomic E-state index is 0.00127. The van der Waals surface area contributed by atoms with Crippen molar-refractivity contribution in [1.82, 2.24) is 9.97 Å². The second-order valence-corrected chi connectivity index (χ2v) is 9.50. The smallest absolute Gasteiger partial charge is 0.396 e. The van der Waals surface area contributed by atoms with E-state index in [0.717, 1.165) is 5.56 Å². The zero-order valence-corrected chi connectivity index (χ0v) is 20.0. The van der Waals surface area contributed by atoms with Gasteiger partial charge in [-0.2, -0.15) is 18.4 Å². The molecular weight excluding hydrogens is 471 g/mol. The van der Waals surface area contributed by atoms with Crippen LogP contribution in [0.5, 0.6) is 0 Å². The largest absolute Gasteiger partial charge is 0.451 e. The van der Waals surface area contributed by atoms with Gasteiger partial charge >= 0.3 is 6.18 Å². The van der Waals surface area contributed by atoms with E-state index in [9.17, 15) is 23.1 Å². The van der Waals surface area contributed by atoms with Gasteiger partial charge in [-0.05, 0) is 62.1 Å². The van der Waals surface area contributed by atoms with Crippen LogP contribution < -0.4 is 9.80 Å². The molecule has 2 aliphatic rings. The van der Waals surface area contributed by atoms with Crippen LogP contribution in [0.3, 0.4) is 0 Å². The zero-order chi connectivity index (χ0) is 25.7. The molecule has 4 rings (SSSR count). The van der Waals surface area contributed by atoms with E-state index in [4.69, 9.17) is 5.26 Å². The van der Waals surface area contributed by atoms with Crippen molar-refractivity contribution in [2.75, 3.05) is 36.0 Å². The summed E-state index contributed by atoms with van der Waals surface area (Å²) in [4.78, 5) is 24.2. The van der Waals surface area contributed by atoms with E-state index >= 15 is 0 Å². The molecule has 0 spiro atoms. The standard InChI is InChI=1S/C26H30F3N5O2/c27-26(28,29)25-31-23(33-13-10-20(17-35)11-14-33)15-24(32-25)34-12-2-4-21(34)22(36)5-1-3-18-6-8-19(16-30)9-7-18/h6-9,15,20-21,35H,1-5,10-14,17H2/t21-/m0/s1. The van der Waals surface area contributed by atoms with Gasteiger partial charge in [0.1, 0.15) is 11.6 Å². The Morgan fingerprint density at radius 3 is 2.42 bits per heavy atom. The number of aromatic nitrogens is 2. The Labute approximate surface area is 208 Å². The first-order valence-corrected chi connectivity index (χ1v) is 12.4. The molecule has 1 aromatic heterocycles. The first-order chi connectivity index (χ1) is 17.3. The van der Waals surface area contributed by atoms with Crippen molar-refractivity contribution in [1.29, 1.82) is 5.26 Å². The van der Waals surface area contributed by atoms with Crippen LogP contribution in [0.2, 0.25) is 0 Å². The Balaban J connectivity index is 1.47. The van der Waals surface area contributed by atoms with Crippen LogP contribution in [-0.4, -0.2) is 53.1 Å². The highest BCUT2D eigenvalue weighted by atomic mass is 19.4. The molecule has 192 valence electrons. The molecule has 36 heavy (non-hydrogen) atoms. The number of ketones is 1. The highest BCUT2D eigenvalue weighted by Gasteiger charge is 2.38. The van der Waals surface area contributed by atoms with Crippen LogP contribution in [0.25, 0.3) is 0 Å². The van der Waals surface area contributed by atoms with Crippen molar-refractivity contribution < 1.29 is 23.1 Å². The number of aliphatic hydroxyl groups is 1. The Morgan fingerprint density at radius 2 is 1.78 bits per heavy atom. The SMILES string of the molecule is N#Cc1ccc(CCCC(=O)[C@@H]2CCCN2c2cc(N3CCC(CO)CC3)nc(C(F)(F)F)n2)cc1. The molecule has 2 aromatic rings. The molecule has 7 nitrogen and oxygen atoms in total. The molecular formula is C26H30F3N5O2. The van der Waals surface area contributed by atoms with E-state index in [0.29, 0.717) is 70.1 Å². The molecule has 2 saturated heterocycles. The van der Waals surface area contributed by atoms with Gasteiger partial charge in [-0.1, -0.05) is 12.1 Å². The molecule has 0 saturated carbocycles. The molecule has 0 aliphatic carbocycles. The third-order valence-corrected chi connectivity index (χ3v) is 7.04. The molecule has 1 N–H and O–H groups in total. The maximum absolute atomic E-state index is 13.7. The average Bonchev–Trinajstić information content (AvgIpc) is 3.39. The van der Waals surface area contributed by atoms with Crippen molar-refractivity contribution in [3.8, 4) is 6.07 Å². The fourth-order valence-electron chi connectivity index (χ4n) is 4.96.